The highest BCUT2D eigenvalue weighted by molar-refractivity contribution is 5.29. The maximum absolute atomic E-state index is 13.3. The van der Waals surface area contributed by atoms with Crippen molar-refractivity contribution in [1.82, 2.24) is 0 Å². The minimum absolute atomic E-state index is 0.0769. The summed E-state index contributed by atoms with van der Waals surface area (Å²) >= 11 is 0. The van der Waals surface area contributed by atoms with Gasteiger partial charge >= 0.3 is 0 Å². The molecule has 1 nitrogen and oxygen atoms in total. The molecule has 1 rings (SSSR count). The zero-order valence-corrected chi connectivity index (χ0v) is 8.92. The van der Waals surface area contributed by atoms with Crippen molar-refractivity contribution in [2.75, 3.05) is 6.61 Å². The van der Waals surface area contributed by atoms with Crippen LogP contribution in [0.15, 0.2) is 18.2 Å². The van der Waals surface area contributed by atoms with Crippen molar-refractivity contribution in [2.24, 2.45) is 0 Å². The van der Waals surface area contributed by atoms with Crippen LogP contribution in [0.5, 0.6) is 0 Å². The molecule has 0 amide bonds. The van der Waals surface area contributed by atoms with Crippen molar-refractivity contribution in [1.29, 1.82) is 0 Å². The molecule has 0 aliphatic carbocycles. The van der Waals surface area contributed by atoms with Crippen molar-refractivity contribution in [2.45, 2.75) is 32.6 Å². The molecule has 14 heavy (non-hydrogen) atoms. The average molecular weight is 196 g/mol. The van der Waals surface area contributed by atoms with Gasteiger partial charge in [-0.2, -0.15) is 0 Å². The highest BCUT2D eigenvalue weighted by Gasteiger charge is 2.10. The van der Waals surface area contributed by atoms with E-state index in [2.05, 4.69) is 0 Å². The van der Waals surface area contributed by atoms with E-state index < -0.39 is 0 Å². The maximum atomic E-state index is 13.3. The van der Waals surface area contributed by atoms with Crippen LogP contribution in [0.2, 0.25) is 0 Å². The summed E-state index contributed by atoms with van der Waals surface area (Å²) in [7, 11) is 0. The first-order valence-electron chi connectivity index (χ1n) is 4.96. The second kappa shape index (κ2) is 4.56. The first-order chi connectivity index (χ1) is 6.56. The van der Waals surface area contributed by atoms with Crippen LogP contribution < -0.4 is 0 Å². The number of halogens is 1. The molecule has 0 saturated carbocycles. The van der Waals surface area contributed by atoms with Gasteiger partial charge in [0.1, 0.15) is 5.82 Å². The molecule has 0 aromatic heterocycles. The lowest BCUT2D eigenvalue weighted by Gasteiger charge is -2.13. The van der Waals surface area contributed by atoms with Crippen LogP contribution in [0, 0.1) is 5.82 Å². The van der Waals surface area contributed by atoms with Gasteiger partial charge < -0.3 is 5.11 Å². The molecule has 0 saturated heterocycles. The predicted molar refractivity (Wildman–Crippen MR) is 56.0 cm³/mol. The van der Waals surface area contributed by atoms with Crippen LogP contribution in [0.25, 0.3) is 0 Å². The molecule has 0 bridgehead atoms. The largest absolute Gasteiger partial charge is 0.396 e. The van der Waals surface area contributed by atoms with Crippen LogP contribution in [0.3, 0.4) is 0 Å². The van der Waals surface area contributed by atoms with E-state index in [9.17, 15) is 4.39 Å². The van der Waals surface area contributed by atoms with Gasteiger partial charge in [0.2, 0.25) is 0 Å². The fraction of sp³-hybridized carbons (Fsp3) is 0.500. The van der Waals surface area contributed by atoms with E-state index in [0.29, 0.717) is 0 Å². The second-order valence-corrected chi connectivity index (χ2v) is 4.02. The number of hydrogen-bond acceptors (Lipinski definition) is 1. The molecule has 1 aromatic rings. The van der Waals surface area contributed by atoms with Gasteiger partial charge in [0.25, 0.3) is 0 Å². The summed E-state index contributed by atoms with van der Waals surface area (Å²) in [5.41, 5.74) is 1.72. The molecule has 1 N–H and O–H groups in total. The van der Waals surface area contributed by atoms with Gasteiger partial charge in [0, 0.05) is 12.5 Å². The Balaban J connectivity index is 3.06. The molecule has 0 aliphatic rings. The summed E-state index contributed by atoms with van der Waals surface area (Å²) in [6.45, 7) is 5.96. The minimum Gasteiger partial charge on any atom is -0.396 e. The monoisotopic (exact) mass is 196 g/mol. The maximum Gasteiger partial charge on any atom is 0.126 e. The summed E-state index contributed by atoms with van der Waals surface area (Å²) in [4.78, 5) is 0. The van der Waals surface area contributed by atoms with Gasteiger partial charge in [-0.25, -0.2) is 4.39 Å². The van der Waals surface area contributed by atoms with Gasteiger partial charge in [-0.1, -0.05) is 32.9 Å². The molecule has 1 atom stereocenters. The normalized spacial score (nSPS) is 13.3. The Morgan fingerprint density at radius 1 is 1.29 bits per heavy atom. The van der Waals surface area contributed by atoms with Crippen LogP contribution in [-0.2, 0) is 0 Å². The summed E-state index contributed by atoms with van der Waals surface area (Å²) in [6, 6.07) is 5.07. The number of hydrogen-bond donors (Lipinski definition) is 1. The lowest BCUT2D eigenvalue weighted by atomic mass is 9.95. The number of aliphatic hydroxyl groups is 1. The van der Waals surface area contributed by atoms with Crippen LogP contribution >= 0.6 is 0 Å². The van der Waals surface area contributed by atoms with Gasteiger partial charge in [-0.15, -0.1) is 0 Å². The number of benzene rings is 1. The first-order valence-corrected chi connectivity index (χ1v) is 4.96. The molecular formula is C12H17FO. The van der Waals surface area contributed by atoms with E-state index in [0.717, 1.165) is 11.1 Å². The smallest absolute Gasteiger partial charge is 0.126 e. The molecular weight excluding hydrogens is 179 g/mol. The molecule has 0 fully saturated rings. The molecule has 78 valence electrons. The van der Waals surface area contributed by atoms with E-state index in [1.807, 2.05) is 26.8 Å². The third kappa shape index (κ3) is 2.32. The van der Waals surface area contributed by atoms with Gasteiger partial charge in [-0.3, -0.25) is 0 Å². The highest BCUT2D eigenvalue weighted by atomic mass is 19.1. The van der Waals surface area contributed by atoms with Crippen molar-refractivity contribution < 1.29 is 9.50 Å². The van der Waals surface area contributed by atoms with Gasteiger partial charge in [0.15, 0.2) is 0 Å². The third-order valence-electron chi connectivity index (χ3n) is 2.48. The fourth-order valence-corrected chi connectivity index (χ4v) is 1.42. The van der Waals surface area contributed by atoms with E-state index >= 15 is 0 Å². The lowest BCUT2D eigenvalue weighted by Crippen LogP contribution is -2.02. The highest BCUT2D eigenvalue weighted by Crippen LogP contribution is 2.23. The SMILES string of the molecule is CC(C)c1cc(C(C)CO)ccc1F. The quantitative estimate of drug-likeness (QED) is 0.787. The molecule has 1 unspecified atom stereocenters. The zero-order chi connectivity index (χ0) is 10.7. The Morgan fingerprint density at radius 3 is 2.43 bits per heavy atom. The molecule has 0 radical (unpaired) electrons. The lowest BCUT2D eigenvalue weighted by molar-refractivity contribution is 0.273. The van der Waals surface area contributed by atoms with Crippen molar-refractivity contribution in [3.8, 4) is 0 Å². The topological polar surface area (TPSA) is 20.2 Å². The summed E-state index contributed by atoms with van der Waals surface area (Å²) in [5.74, 6) is 0.0998. The first kappa shape index (κ1) is 11.2. The number of aliphatic hydroxyl groups excluding tert-OH is 1. The Morgan fingerprint density at radius 2 is 1.93 bits per heavy atom. The van der Waals surface area contributed by atoms with Crippen molar-refractivity contribution in [3.05, 3.63) is 35.1 Å². The van der Waals surface area contributed by atoms with Gasteiger partial charge in [-0.05, 0) is 23.1 Å². The van der Waals surface area contributed by atoms with Crippen molar-refractivity contribution in [3.63, 3.8) is 0 Å². The molecule has 2 heteroatoms. The molecule has 1 aromatic carbocycles. The molecule has 0 aliphatic heterocycles. The summed E-state index contributed by atoms with van der Waals surface area (Å²) in [5, 5.41) is 8.99. The van der Waals surface area contributed by atoms with Crippen LogP contribution in [0.1, 0.15) is 43.7 Å². The van der Waals surface area contributed by atoms with E-state index in [1.165, 1.54) is 6.07 Å². The molecule has 0 heterocycles. The predicted octanol–water partition coefficient (Wildman–Crippen LogP) is 3.04. The Kier molecular flexibility index (Phi) is 3.64. The minimum atomic E-state index is -0.158. The van der Waals surface area contributed by atoms with Crippen LogP contribution in [-0.4, -0.2) is 11.7 Å². The van der Waals surface area contributed by atoms with Gasteiger partial charge in [0.05, 0.1) is 0 Å². The Bertz CT molecular complexity index is 307. The standard InChI is InChI=1S/C12H17FO/c1-8(2)11-6-10(9(3)7-14)4-5-12(11)13/h4-6,8-9,14H,7H2,1-3H3. The third-order valence-corrected chi connectivity index (χ3v) is 2.48. The molecule has 0 spiro atoms. The van der Waals surface area contributed by atoms with E-state index in [4.69, 9.17) is 5.11 Å². The van der Waals surface area contributed by atoms with Crippen LogP contribution in [0.4, 0.5) is 4.39 Å². The second-order valence-electron chi connectivity index (χ2n) is 4.02. The van der Waals surface area contributed by atoms with E-state index in [-0.39, 0.29) is 24.3 Å². The Labute approximate surface area is 84.6 Å². The zero-order valence-electron chi connectivity index (χ0n) is 8.92. The number of rotatable bonds is 3. The average Bonchev–Trinajstić information content (AvgIpc) is 2.17. The Hall–Kier alpha value is -0.890. The summed E-state index contributed by atoms with van der Waals surface area (Å²) in [6.07, 6.45) is 0. The van der Waals surface area contributed by atoms with E-state index in [1.54, 1.807) is 6.07 Å². The summed E-state index contributed by atoms with van der Waals surface area (Å²) < 4.78 is 13.3. The van der Waals surface area contributed by atoms with Crippen molar-refractivity contribution >= 4 is 0 Å². The fourth-order valence-electron chi connectivity index (χ4n) is 1.42.